The van der Waals surface area contributed by atoms with E-state index in [0.29, 0.717) is 13.2 Å². The van der Waals surface area contributed by atoms with Gasteiger partial charge in [-0.1, -0.05) is 18.2 Å². The fourth-order valence-electron chi connectivity index (χ4n) is 1.95. The lowest BCUT2D eigenvalue weighted by atomic mass is 10.1. The Morgan fingerprint density at radius 1 is 1.24 bits per heavy atom. The maximum absolute atomic E-state index is 11.9. The summed E-state index contributed by atoms with van der Waals surface area (Å²) >= 11 is 0. The molecule has 0 unspecified atom stereocenters. The second kappa shape index (κ2) is 6.69. The van der Waals surface area contributed by atoms with Gasteiger partial charge in [-0.15, -0.1) is 0 Å². The molecule has 3 N–H and O–H groups in total. The highest BCUT2D eigenvalue weighted by molar-refractivity contribution is 5.96. The van der Waals surface area contributed by atoms with Crippen molar-refractivity contribution in [2.24, 2.45) is 0 Å². The number of aryl methyl sites for hydroxylation is 2. The van der Waals surface area contributed by atoms with Gasteiger partial charge in [0.15, 0.2) is 11.5 Å². The predicted octanol–water partition coefficient (Wildman–Crippen LogP) is 1.48. The molecule has 0 spiro atoms. The van der Waals surface area contributed by atoms with Crippen molar-refractivity contribution in [1.82, 2.24) is 15.3 Å². The van der Waals surface area contributed by atoms with Gasteiger partial charge in [-0.25, -0.2) is 9.97 Å². The highest BCUT2D eigenvalue weighted by Gasteiger charge is 2.11. The molecule has 1 aromatic carbocycles. The van der Waals surface area contributed by atoms with Crippen LogP contribution in [0.2, 0.25) is 0 Å². The Kier molecular flexibility index (Phi) is 4.71. The van der Waals surface area contributed by atoms with E-state index in [1.807, 2.05) is 32.0 Å². The monoisotopic (exact) mass is 286 g/mol. The number of anilines is 1. The highest BCUT2D eigenvalue weighted by Crippen LogP contribution is 2.21. The summed E-state index contributed by atoms with van der Waals surface area (Å²) < 4.78 is 5.70. The molecule has 0 fully saturated rings. The third-order valence-electron chi connectivity index (χ3n) is 2.98. The molecule has 6 nitrogen and oxygen atoms in total. The van der Waals surface area contributed by atoms with Crippen molar-refractivity contribution in [1.29, 1.82) is 0 Å². The Balaban J connectivity index is 1.85. The first kappa shape index (κ1) is 14.8. The number of amides is 1. The maximum Gasteiger partial charge on any atom is 0.273 e. The molecule has 0 atom stereocenters. The molecule has 0 aliphatic carbocycles. The van der Waals surface area contributed by atoms with Gasteiger partial charge in [0.1, 0.15) is 12.4 Å². The SMILES string of the molecule is Cc1cccc(C)c1OCCNC(=O)c1nccnc1N. The van der Waals surface area contributed by atoms with E-state index in [-0.39, 0.29) is 17.4 Å². The first-order chi connectivity index (χ1) is 10.1. The minimum atomic E-state index is -0.356. The topological polar surface area (TPSA) is 90.1 Å². The van der Waals surface area contributed by atoms with Crippen LogP contribution in [0.4, 0.5) is 5.82 Å². The molecule has 0 saturated carbocycles. The minimum Gasteiger partial charge on any atom is -0.491 e. The van der Waals surface area contributed by atoms with Crippen LogP contribution in [-0.2, 0) is 0 Å². The molecule has 0 bridgehead atoms. The molecular weight excluding hydrogens is 268 g/mol. The van der Waals surface area contributed by atoms with Gasteiger partial charge in [-0.2, -0.15) is 0 Å². The normalized spacial score (nSPS) is 10.2. The van der Waals surface area contributed by atoms with Crippen LogP contribution in [0.5, 0.6) is 5.75 Å². The molecular formula is C15H18N4O2. The van der Waals surface area contributed by atoms with Crippen LogP contribution < -0.4 is 15.8 Å². The summed E-state index contributed by atoms with van der Waals surface area (Å²) in [5.41, 5.74) is 7.86. The van der Waals surface area contributed by atoms with Crippen molar-refractivity contribution in [3.05, 3.63) is 47.4 Å². The summed E-state index contributed by atoms with van der Waals surface area (Å²) in [5.74, 6) is 0.613. The second-order valence-electron chi connectivity index (χ2n) is 4.62. The van der Waals surface area contributed by atoms with Crippen molar-refractivity contribution < 1.29 is 9.53 Å². The number of hydrogen-bond donors (Lipinski definition) is 2. The number of ether oxygens (including phenoxy) is 1. The van der Waals surface area contributed by atoms with Crippen LogP contribution in [0.15, 0.2) is 30.6 Å². The molecule has 0 saturated heterocycles. The lowest BCUT2D eigenvalue weighted by molar-refractivity contribution is 0.0942. The van der Waals surface area contributed by atoms with Crippen LogP contribution in [0.3, 0.4) is 0 Å². The summed E-state index contributed by atoms with van der Waals surface area (Å²) in [5, 5.41) is 2.70. The van der Waals surface area contributed by atoms with E-state index in [1.165, 1.54) is 12.4 Å². The Morgan fingerprint density at radius 2 is 1.90 bits per heavy atom. The minimum absolute atomic E-state index is 0.116. The predicted molar refractivity (Wildman–Crippen MR) is 80.2 cm³/mol. The van der Waals surface area contributed by atoms with E-state index >= 15 is 0 Å². The fourth-order valence-corrected chi connectivity index (χ4v) is 1.95. The van der Waals surface area contributed by atoms with Gasteiger partial charge in [0.2, 0.25) is 0 Å². The fraction of sp³-hybridized carbons (Fsp3) is 0.267. The molecule has 0 radical (unpaired) electrons. The number of hydrogen-bond acceptors (Lipinski definition) is 5. The maximum atomic E-state index is 11.9. The number of nitrogens with two attached hydrogens (primary N) is 1. The number of benzene rings is 1. The van der Waals surface area contributed by atoms with Gasteiger partial charge in [0.25, 0.3) is 5.91 Å². The number of rotatable bonds is 5. The summed E-state index contributed by atoms with van der Waals surface area (Å²) in [7, 11) is 0. The van der Waals surface area contributed by atoms with Crippen LogP contribution in [0.1, 0.15) is 21.6 Å². The number of carbonyl (C=O) groups is 1. The zero-order chi connectivity index (χ0) is 15.2. The molecule has 1 heterocycles. The average Bonchev–Trinajstić information content (AvgIpc) is 2.46. The number of aromatic nitrogens is 2. The van der Waals surface area contributed by atoms with Crippen molar-refractivity contribution in [2.75, 3.05) is 18.9 Å². The number of para-hydroxylation sites is 1. The molecule has 0 aliphatic heterocycles. The molecule has 6 heteroatoms. The van der Waals surface area contributed by atoms with E-state index in [1.54, 1.807) is 0 Å². The van der Waals surface area contributed by atoms with Gasteiger partial charge >= 0.3 is 0 Å². The molecule has 1 amide bonds. The van der Waals surface area contributed by atoms with Crippen molar-refractivity contribution in [3.63, 3.8) is 0 Å². The third-order valence-corrected chi connectivity index (χ3v) is 2.98. The molecule has 1 aromatic heterocycles. The Morgan fingerprint density at radius 3 is 2.57 bits per heavy atom. The Hall–Kier alpha value is -2.63. The first-order valence-electron chi connectivity index (χ1n) is 6.63. The summed E-state index contributed by atoms with van der Waals surface area (Å²) in [6, 6.07) is 5.96. The van der Waals surface area contributed by atoms with Gasteiger partial charge in [-0.3, -0.25) is 4.79 Å². The van der Waals surface area contributed by atoms with Crippen molar-refractivity contribution >= 4 is 11.7 Å². The van der Waals surface area contributed by atoms with Crippen LogP contribution in [0, 0.1) is 13.8 Å². The Bertz CT molecular complexity index is 623. The summed E-state index contributed by atoms with van der Waals surface area (Å²) in [6.45, 7) is 4.71. The number of nitrogens with zero attached hydrogens (tertiary/aromatic N) is 2. The largest absolute Gasteiger partial charge is 0.491 e. The lowest BCUT2D eigenvalue weighted by Gasteiger charge is -2.12. The van der Waals surface area contributed by atoms with Gasteiger partial charge in [0.05, 0.1) is 6.54 Å². The molecule has 2 aromatic rings. The highest BCUT2D eigenvalue weighted by atomic mass is 16.5. The average molecular weight is 286 g/mol. The van der Waals surface area contributed by atoms with E-state index in [0.717, 1.165) is 16.9 Å². The zero-order valence-electron chi connectivity index (χ0n) is 12.1. The molecule has 0 aliphatic rings. The number of nitrogen functional groups attached to an aromatic ring is 1. The quantitative estimate of drug-likeness (QED) is 0.813. The number of nitrogens with one attached hydrogen (secondary N) is 1. The van der Waals surface area contributed by atoms with Crippen molar-refractivity contribution in [2.45, 2.75) is 13.8 Å². The van der Waals surface area contributed by atoms with Crippen molar-refractivity contribution in [3.8, 4) is 5.75 Å². The summed E-state index contributed by atoms with van der Waals surface area (Å²) in [6.07, 6.45) is 2.87. The van der Waals surface area contributed by atoms with E-state index in [2.05, 4.69) is 15.3 Å². The number of carbonyl (C=O) groups excluding carboxylic acids is 1. The van der Waals surface area contributed by atoms with Gasteiger partial charge in [-0.05, 0) is 25.0 Å². The van der Waals surface area contributed by atoms with Crippen LogP contribution >= 0.6 is 0 Å². The lowest BCUT2D eigenvalue weighted by Crippen LogP contribution is -2.29. The smallest absolute Gasteiger partial charge is 0.273 e. The van der Waals surface area contributed by atoms with E-state index in [9.17, 15) is 4.79 Å². The molecule has 110 valence electrons. The standard InChI is InChI=1S/C15H18N4O2/c1-10-4-3-5-11(2)13(10)21-9-8-19-15(20)12-14(16)18-7-6-17-12/h3-7H,8-9H2,1-2H3,(H2,16,18)(H,19,20). The molecule has 2 rings (SSSR count). The first-order valence-corrected chi connectivity index (χ1v) is 6.63. The second-order valence-corrected chi connectivity index (χ2v) is 4.62. The van der Waals surface area contributed by atoms with Crippen LogP contribution in [0.25, 0.3) is 0 Å². The van der Waals surface area contributed by atoms with Crippen LogP contribution in [-0.4, -0.2) is 29.0 Å². The van der Waals surface area contributed by atoms with E-state index < -0.39 is 0 Å². The third kappa shape index (κ3) is 3.68. The zero-order valence-corrected chi connectivity index (χ0v) is 12.1. The van der Waals surface area contributed by atoms with Gasteiger partial charge in [0, 0.05) is 12.4 Å². The molecule has 21 heavy (non-hydrogen) atoms. The van der Waals surface area contributed by atoms with Gasteiger partial charge < -0.3 is 15.8 Å². The Labute approximate surface area is 123 Å². The summed E-state index contributed by atoms with van der Waals surface area (Å²) in [4.78, 5) is 19.6. The van der Waals surface area contributed by atoms with E-state index in [4.69, 9.17) is 10.5 Å².